The zero-order valence-corrected chi connectivity index (χ0v) is 10.0. The fraction of sp³-hybridized carbons (Fsp3) is 0.250. The quantitative estimate of drug-likeness (QED) is 0.615. The minimum atomic E-state index is -4.36. The molecule has 0 spiro atoms. The molecule has 0 aliphatic heterocycles. The highest BCUT2D eigenvalue weighted by atomic mass is 32.2. The molecule has 0 saturated carbocycles. The van der Waals surface area contributed by atoms with Crippen LogP contribution < -0.4 is 0 Å². The van der Waals surface area contributed by atoms with Gasteiger partial charge in [-0.25, -0.2) is 4.63 Å². The Balaban J connectivity index is 2.59. The summed E-state index contributed by atoms with van der Waals surface area (Å²) in [4.78, 5) is 0.282. The lowest BCUT2D eigenvalue weighted by Gasteiger charge is -2.01. The summed E-state index contributed by atoms with van der Waals surface area (Å²) in [6.45, 7) is -0.0164. The molecule has 2 aromatic rings. The highest BCUT2D eigenvalue weighted by Crippen LogP contribution is 2.29. The molecule has 92 valence electrons. The second kappa shape index (κ2) is 4.61. The molecule has 0 saturated heterocycles. The van der Waals surface area contributed by atoms with Crippen molar-refractivity contribution >= 4 is 32.9 Å². The highest BCUT2D eigenvalue weighted by molar-refractivity contribution is 7.99. The van der Waals surface area contributed by atoms with Crippen LogP contribution in [0.5, 0.6) is 0 Å². The standard InChI is InChI=1S/C8H8N2O5S2/c11-3-4-16-5-1-2-6(17(12,13)14)8-7(5)9-15-10-8/h1-2,11H,3-4H2,(H,12,13,14). The Morgan fingerprint density at radius 2 is 2.00 bits per heavy atom. The van der Waals surface area contributed by atoms with Crippen molar-refractivity contribution in [3.63, 3.8) is 0 Å². The maximum absolute atomic E-state index is 11.1. The third kappa shape index (κ3) is 2.41. The van der Waals surface area contributed by atoms with Gasteiger partial charge in [-0.1, -0.05) is 0 Å². The van der Waals surface area contributed by atoms with Gasteiger partial charge in [0.25, 0.3) is 10.1 Å². The van der Waals surface area contributed by atoms with E-state index in [9.17, 15) is 8.42 Å². The monoisotopic (exact) mass is 276 g/mol. The predicted octanol–water partition coefficient (Wildman–Crippen LogP) is 0.554. The van der Waals surface area contributed by atoms with E-state index in [0.29, 0.717) is 10.6 Å². The minimum absolute atomic E-state index is 0.0164. The fourth-order valence-electron chi connectivity index (χ4n) is 1.30. The van der Waals surface area contributed by atoms with Gasteiger partial charge in [0, 0.05) is 10.6 Å². The van der Waals surface area contributed by atoms with Gasteiger partial charge in [-0.05, 0) is 22.4 Å². The summed E-state index contributed by atoms with van der Waals surface area (Å²) < 4.78 is 35.6. The van der Waals surface area contributed by atoms with Crippen LogP contribution in [0.2, 0.25) is 0 Å². The van der Waals surface area contributed by atoms with E-state index in [1.165, 1.54) is 23.9 Å². The number of fused-ring (bicyclic) bond motifs is 1. The van der Waals surface area contributed by atoms with Crippen molar-refractivity contribution in [1.82, 2.24) is 10.3 Å². The second-order valence-electron chi connectivity index (χ2n) is 3.07. The second-order valence-corrected chi connectivity index (χ2v) is 5.60. The molecule has 2 rings (SSSR count). The molecule has 0 bridgehead atoms. The molecule has 0 amide bonds. The molecule has 0 radical (unpaired) electrons. The smallest absolute Gasteiger partial charge is 0.296 e. The first-order chi connectivity index (χ1) is 8.04. The SMILES string of the molecule is O=S(=O)(O)c1ccc(SCCO)c2nonc12. The number of rotatable bonds is 4. The molecule has 0 fully saturated rings. The van der Waals surface area contributed by atoms with E-state index in [-0.39, 0.29) is 22.5 Å². The van der Waals surface area contributed by atoms with E-state index in [1.54, 1.807) is 0 Å². The normalized spacial score (nSPS) is 12.1. The van der Waals surface area contributed by atoms with E-state index >= 15 is 0 Å². The summed E-state index contributed by atoms with van der Waals surface area (Å²) >= 11 is 1.28. The third-order valence-electron chi connectivity index (χ3n) is 1.97. The van der Waals surface area contributed by atoms with Crippen LogP contribution in [-0.4, -0.2) is 40.8 Å². The fourth-order valence-corrected chi connectivity index (χ4v) is 2.67. The lowest BCUT2D eigenvalue weighted by atomic mass is 10.3. The number of aliphatic hydroxyl groups excluding tert-OH is 1. The maximum Gasteiger partial charge on any atom is 0.296 e. The van der Waals surface area contributed by atoms with Crippen LogP contribution in [0.25, 0.3) is 11.0 Å². The van der Waals surface area contributed by atoms with Crippen LogP contribution in [0.1, 0.15) is 0 Å². The molecule has 0 unspecified atom stereocenters. The number of aromatic nitrogens is 2. The van der Waals surface area contributed by atoms with E-state index in [1.807, 2.05) is 0 Å². The molecular formula is C8H8N2O5S2. The van der Waals surface area contributed by atoms with E-state index < -0.39 is 10.1 Å². The third-order valence-corrected chi connectivity index (χ3v) is 3.88. The summed E-state index contributed by atoms with van der Waals surface area (Å²) in [7, 11) is -4.36. The van der Waals surface area contributed by atoms with Gasteiger partial charge in [0.05, 0.1) is 6.61 Å². The predicted molar refractivity (Wildman–Crippen MR) is 59.4 cm³/mol. The molecule has 9 heteroatoms. The molecule has 1 aromatic heterocycles. The zero-order chi connectivity index (χ0) is 12.5. The van der Waals surface area contributed by atoms with Crippen molar-refractivity contribution in [2.24, 2.45) is 0 Å². The van der Waals surface area contributed by atoms with Crippen LogP contribution in [0, 0.1) is 0 Å². The highest BCUT2D eigenvalue weighted by Gasteiger charge is 2.20. The maximum atomic E-state index is 11.1. The van der Waals surface area contributed by atoms with Gasteiger partial charge >= 0.3 is 0 Å². The molecule has 0 aliphatic rings. The largest absolute Gasteiger partial charge is 0.396 e. The Kier molecular flexibility index (Phi) is 3.33. The first kappa shape index (κ1) is 12.3. The van der Waals surface area contributed by atoms with Crippen molar-refractivity contribution in [2.75, 3.05) is 12.4 Å². The van der Waals surface area contributed by atoms with E-state index in [4.69, 9.17) is 9.66 Å². The van der Waals surface area contributed by atoms with Gasteiger partial charge in [0.15, 0.2) is 5.52 Å². The van der Waals surface area contributed by atoms with Crippen LogP contribution in [0.4, 0.5) is 0 Å². The summed E-state index contributed by atoms with van der Waals surface area (Å²) in [6, 6.07) is 2.71. The number of benzene rings is 1. The van der Waals surface area contributed by atoms with Crippen molar-refractivity contribution < 1.29 is 22.7 Å². The molecule has 0 atom stereocenters. The molecule has 1 aromatic carbocycles. The molecule has 7 nitrogen and oxygen atoms in total. The van der Waals surface area contributed by atoms with Crippen LogP contribution >= 0.6 is 11.8 Å². The number of hydrogen-bond donors (Lipinski definition) is 2. The molecule has 0 aliphatic carbocycles. The first-order valence-electron chi connectivity index (χ1n) is 4.50. The first-order valence-corrected chi connectivity index (χ1v) is 6.93. The van der Waals surface area contributed by atoms with E-state index in [0.717, 1.165) is 0 Å². The number of hydrogen-bond acceptors (Lipinski definition) is 7. The Hall–Kier alpha value is -1.16. The molecule has 1 heterocycles. The van der Waals surface area contributed by atoms with Crippen molar-refractivity contribution in [3.8, 4) is 0 Å². The van der Waals surface area contributed by atoms with Crippen molar-refractivity contribution in [3.05, 3.63) is 12.1 Å². The summed E-state index contributed by atoms with van der Waals surface area (Å²) in [6.07, 6.45) is 0. The Morgan fingerprint density at radius 1 is 1.29 bits per heavy atom. The topological polar surface area (TPSA) is 114 Å². The Bertz CT molecular complexity index is 636. The van der Waals surface area contributed by atoms with Gasteiger partial charge < -0.3 is 5.11 Å². The number of thioether (sulfide) groups is 1. The van der Waals surface area contributed by atoms with Gasteiger partial charge in [-0.2, -0.15) is 8.42 Å². The van der Waals surface area contributed by atoms with Gasteiger partial charge in [-0.15, -0.1) is 11.8 Å². The number of aliphatic hydroxyl groups is 1. The summed E-state index contributed by atoms with van der Waals surface area (Å²) in [5, 5.41) is 15.8. The van der Waals surface area contributed by atoms with Crippen molar-refractivity contribution in [2.45, 2.75) is 9.79 Å². The average molecular weight is 276 g/mol. The van der Waals surface area contributed by atoms with Gasteiger partial charge in [-0.3, -0.25) is 4.55 Å². The molecule has 2 N–H and O–H groups in total. The Labute approximate surface area is 101 Å². The average Bonchev–Trinajstić information content (AvgIpc) is 2.72. The summed E-state index contributed by atoms with van der Waals surface area (Å²) in [5.74, 6) is 0.438. The van der Waals surface area contributed by atoms with E-state index in [2.05, 4.69) is 14.9 Å². The van der Waals surface area contributed by atoms with Crippen LogP contribution in [-0.2, 0) is 10.1 Å². The lowest BCUT2D eigenvalue weighted by Crippen LogP contribution is -1.99. The Morgan fingerprint density at radius 3 is 2.65 bits per heavy atom. The molecule has 17 heavy (non-hydrogen) atoms. The molecular weight excluding hydrogens is 268 g/mol. The van der Waals surface area contributed by atoms with Gasteiger partial charge in [0.1, 0.15) is 10.4 Å². The van der Waals surface area contributed by atoms with Gasteiger partial charge in [0.2, 0.25) is 0 Å². The minimum Gasteiger partial charge on any atom is -0.396 e. The number of nitrogens with zero attached hydrogens (tertiary/aromatic N) is 2. The zero-order valence-electron chi connectivity index (χ0n) is 8.40. The van der Waals surface area contributed by atoms with Crippen LogP contribution in [0.15, 0.2) is 26.6 Å². The summed E-state index contributed by atoms with van der Waals surface area (Å²) in [5.41, 5.74) is 0.231. The lowest BCUT2D eigenvalue weighted by molar-refractivity contribution is 0.314. The van der Waals surface area contributed by atoms with Crippen molar-refractivity contribution in [1.29, 1.82) is 0 Å². The van der Waals surface area contributed by atoms with Crippen LogP contribution in [0.3, 0.4) is 0 Å².